The van der Waals surface area contributed by atoms with Crippen molar-refractivity contribution in [3.8, 4) is 0 Å². The summed E-state index contributed by atoms with van der Waals surface area (Å²) >= 11 is 19.2. The van der Waals surface area contributed by atoms with Gasteiger partial charge in [0.15, 0.2) is 50.0 Å². The van der Waals surface area contributed by atoms with Crippen LogP contribution in [0, 0.1) is 18.6 Å². The summed E-state index contributed by atoms with van der Waals surface area (Å²) in [6, 6.07) is 30.8. The number of para-hydroxylation sites is 2. The summed E-state index contributed by atoms with van der Waals surface area (Å²) < 4.78 is 48.5. The summed E-state index contributed by atoms with van der Waals surface area (Å²) in [4.78, 5) is 4.35. The number of benzene rings is 5. The molecule has 15 nitrogen and oxygen atoms in total. The van der Waals surface area contributed by atoms with Crippen LogP contribution in [-0.2, 0) is 4.74 Å². The van der Waals surface area contributed by atoms with Gasteiger partial charge in [-0.3, -0.25) is 4.90 Å². The molecule has 3 aromatic heterocycles. The molecule has 0 saturated carbocycles. The summed E-state index contributed by atoms with van der Waals surface area (Å²) in [6.45, 7) is 7.05. The molecule has 1 saturated heterocycles. The lowest BCUT2D eigenvalue weighted by Crippen LogP contribution is -2.42. The first-order valence-electron chi connectivity index (χ1n) is 20.4. The van der Waals surface area contributed by atoms with E-state index in [4.69, 9.17) is 55.0 Å². The Balaban J connectivity index is 0.000000147. The molecular weight excluding hydrogens is 973 g/mol. The Morgan fingerprint density at radius 2 is 1.17 bits per heavy atom. The van der Waals surface area contributed by atoms with E-state index in [2.05, 4.69) is 68.2 Å². The molecule has 0 unspecified atom stereocenters. The number of morpholine rings is 1. The molecule has 0 spiro atoms. The van der Waals surface area contributed by atoms with E-state index in [0.717, 1.165) is 71.9 Å². The number of aromatic nitrogens is 3. The Bertz CT molecular complexity index is 2930. The SMILES string of the molecule is CN(C)c1ccc(NC(=S)Nc2noc3ccc(Br)cc23)cc1.Cc1ccc(NC(=S)Nc2noc3c(F)cccc23)cc1.Fc1cccc2c(NC(=S)NCCN3CCOCC3)noc12. The highest BCUT2D eigenvalue weighted by atomic mass is 79.9. The van der Waals surface area contributed by atoms with Crippen molar-refractivity contribution in [1.29, 1.82) is 0 Å². The molecule has 4 heterocycles. The number of thiocarbonyl (C=S) groups is 3. The zero-order valence-electron chi connectivity index (χ0n) is 35.8. The van der Waals surface area contributed by atoms with Crippen LogP contribution in [0.25, 0.3) is 32.9 Å². The van der Waals surface area contributed by atoms with E-state index in [1.165, 1.54) is 12.1 Å². The lowest BCUT2D eigenvalue weighted by Gasteiger charge is -2.26. The van der Waals surface area contributed by atoms with E-state index in [1.54, 1.807) is 24.3 Å². The van der Waals surface area contributed by atoms with E-state index < -0.39 is 11.6 Å². The fraction of sp³-hybridized carbons (Fsp3) is 0.200. The third-order valence-electron chi connectivity index (χ3n) is 9.80. The third kappa shape index (κ3) is 12.9. The second kappa shape index (κ2) is 22.7. The van der Waals surface area contributed by atoms with Crippen LogP contribution in [0.2, 0.25) is 0 Å². The van der Waals surface area contributed by atoms with Crippen molar-refractivity contribution in [3.63, 3.8) is 0 Å². The number of anilines is 6. The molecule has 1 aliphatic rings. The fourth-order valence-electron chi connectivity index (χ4n) is 6.36. The first-order chi connectivity index (χ1) is 31.9. The Labute approximate surface area is 402 Å². The van der Waals surface area contributed by atoms with Crippen molar-refractivity contribution >= 4 is 135 Å². The Morgan fingerprint density at radius 3 is 1.73 bits per heavy atom. The number of hydrogen-bond donors (Lipinski definition) is 6. The lowest BCUT2D eigenvalue weighted by atomic mass is 10.2. The third-order valence-corrected chi connectivity index (χ3v) is 10.9. The van der Waals surface area contributed by atoms with Gasteiger partial charge in [-0.2, -0.15) is 0 Å². The number of ether oxygens (including phenoxy) is 1. The highest BCUT2D eigenvalue weighted by Crippen LogP contribution is 2.28. The molecule has 342 valence electrons. The standard InChI is InChI=1S/C16H15BrN4OS.C15H12FN3OS.C14H17FN4O2S/c1-21(2)12-6-4-11(5-7-12)18-16(23)19-15-13-9-10(17)3-8-14(13)22-20-15;1-9-5-7-10(8-6-9)17-15(21)18-14-11-3-2-4-12(16)13(11)20-19-14;15-11-3-1-2-10-12(11)21-18-13(10)17-14(22)16-4-5-19-6-8-20-9-7-19/h3-9H,1-2H3,(H2,18,19,20,23);2-8H,1H3,(H2,17,18,19,21);1-3H,4-9H2,(H2,16,17,18,22). The zero-order valence-corrected chi connectivity index (χ0v) is 39.8. The molecule has 0 bridgehead atoms. The summed E-state index contributed by atoms with van der Waals surface area (Å²) in [7, 11) is 4.00. The maximum absolute atomic E-state index is 13.5. The van der Waals surface area contributed by atoms with E-state index in [0.29, 0.717) is 49.1 Å². The van der Waals surface area contributed by atoms with Gasteiger partial charge in [0.25, 0.3) is 0 Å². The van der Waals surface area contributed by atoms with Gasteiger partial charge in [0.2, 0.25) is 11.2 Å². The maximum Gasteiger partial charge on any atom is 0.204 e. The van der Waals surface area contributed by atoms with Crippen molar-refractivity contribution in [3.05, 3.63) is 125 Å². The number of nitrogens with zero attached hydrogens (tertiary/aromatic N) is 5. The predicted octanol–water partition coefficient (Wildman–Crippen LogP) is 10.1. The number of aryl methyl sites for hydroxylation is 1. The average molecular weight is 1020 g/mol. The average Bonchev–Trinajstić information content (AvgIpc) is 4.03. The first kappa shape index (κ1) is 47.6. The second-order valence-electron chi connectivity index (χ2n) is 14.8. The van der Waals surface area contributed by atoms with E-state index in [-0.39, 0.29) is 11.2 Å². The van der Waals surface area contributed by atoms with Gasteiger partial charge in [-0.15, -0.1) is 0 Å². The lowest BCUT2D eigenvalue weighted by molar-refractivity contribution is 0.0389. The Hall–Kier alpha value is -6.36. The Kier molecular flexibility index (Phi) is 16.4. The van der Waals surface area contributed by atoms with Gasteiger partial charge in [0.1, 0.15) is 0 Å². The van der Waals surface area contributed by atoms with Crippen LogP contribution >= 0.6 is 52.6 Å². The number of fused-ring (bicyclic) bond motifs is 3. The molecule has 8 aromatic rings. The van der Waals surface area contributed by atoms with E-state index in [1.807, 2.05) is 92.6 Å². The molecule has 0 atom stereocenters. The summed E-state index contributed by atoms with van der Waals surface area (Å²) in [5.74, 6) is 0.492. The normalized spacial score (nSPS) is 12.3. The van der Waals surface area contributed by atoms with Crippen LogP contribution in [0.15, 0.2) is 121 Å². The monoisotopic (exact) mass is 1020 g/mol. The highest BCUT2D eigenvalue weighted by Gasteiger charge is 2.15. The minimum Gasteiger partial charge on any atom is -0.379 e. The quantitative estimate of drug-likeness (QED) is 0.0756. The molecule has 1 fully saturated rings. The fourth-order valence-corrected chi connectivity index (χ4v) is 7.35. The second-order valence-corrected chi connectivity index (χ2v) is 16.9. The van der Waals surface area contributed by atoms with Crippen molar-refractivity contribution in [2.45, 2.75) is 6.92 Å². The summed E-state index contributed by atoms with van der Waals surface area (Å²) in [6.07, 6.45) is 0. The smallest absolute Gasteiger partial charge is 0.204 e. The van der Waals surface area contributed by atoms with Crippen LogP contribution in [0.3, 0.4) is 0 Å². The molecule has 5 aromatic carbocycles. The van der Waals surface area contributed by atoms with Gasteiger partial charge in [-0.25, -0.2) is 8.78 Å². The molecule has 0 amide bonds. The minimum atomic E-state index is -0.453. The topological polar surface area (TPSA) is 166 Å². The van der Waals surface area contributed by atoms with Crippen LogP contribution in [-0.4, -0.2) is 89.2 Å². The largest absolute Gasteiger partial charge is 0.379 e. The molecule has 9 rings (SSSR count). The van der Waals surface area contributed by atoms with Crippen molar-refractivity contribution in [1.82, 2.24) is 25.7 Å². The van der Waals surface area contributed by atoms with E-state index in [9.17, 15) is 8.78 Å². The highest BCUT2D eigenvalue weighted by molar-refractivity contribution is 9.10. The molecule has 6 N–H and O–H groups in total. The number of nitrogens with one attached hydrogen (secondary N) is 6. The van der Waals surface area contributed by atoms with Gasteiger partial charge in [-0.1, -0.05) is 61.2 Å². The van der Waals surface area contributed by atoms with E-state index >= 15 is 0 Å². The molecule has 0 radical (unpaired) electrons. The molecule has 1 aliphatic heterocycles. The van der Waals surface area contributed by atoms with Crippen molar-refractivity contribution in [2.75, 3.05) is 85.0 Å². The number of rotatable bonds is 9. The van der Waals surface area contributed by atoms with Gasteiger partial charge in [0, 0.05) is 61.8 Å². The Morgan fingerprint density at radius 1 is 0.652 bits per heavy atom. The van der Waals surface area contributed by atoms with Crippen molar-refractivity contribution in [2.24, 2.45) is 0 Å². The molecular formula is C45H44BrF2N11O4S3. The minimum absolute atomic E-state index is 0.109. The van der Waals surface area contributed by atoms with Gasteiger partial charge in [-0.05, 0) is 122 Å². The van der Waals surface area contributed by atoms with Gasteiger partial charge >= 0.3 is 0 Å². The zero-order chi connectivity index (χ0) is 46.6. The van der Waals surface area contributed by atoms with Crippen LogP contribution in [0.1, 0.15) is 5.56 Å². The van der Waals surface area contributed by atoms with Crippen LogP contribution < -0.4 is 36.8 Å². The first-order valence-corrected chi connectivity index (χ1v) is 22.4. The number of hydrogen-bond acceptors (Lipinski definition) is 12. The molecule has 21 heteroatoms. The summed E-state index contributed by atoms with van der Waals surface area (Å²) in [5.41, 5.74) is 4.99. The van der Waals surface area contributed by atoms with Crippen LogP contribution in [0.4, 0.5) is 43.3 Å². The maximum atomic E-state index is 13.5. The molecule has 66 heavy (non-hydrogen) atoms. The predicted molar refractivity (Wildman–Crippen MR) is 273 cm³/mol. The van der Waals surface area contributed by atoms with Gasteiger partial charge < -0.3 is 55.1 Å². The van der Waals surface area contributed by atoms with Crippen molar-refractivity contribution < 1.29 is 27.1 Å². The number of halogens is 3. The molecule has 0 aliphatic carbocycles. The summed E-state index contributed by atoms with van der Waals surface area (Å²) in [5, 5.41) is 33.0. The van der Waals surface area contributed by atoms with Crippen LogP contribution in [0.5, 0.6) is 0 Å². The van der Waals surface area contributed by atoms with Gasteiger partial charge in [0.05, 0.1) is 29.4 Å².